The number of hydrogen-bond donors (Lipinski definition) is 3. The Balaban J connectivity index is 3.35. The highest BCUT2D eigenvalue weighted by atomic mass is 16.5. The third-order valence-corrected chi connectivity index (χ3v) is 15.2. The number of carbonyl (C=O) groups is 2. The summed E-state index contributed by atoms with van der Waals surface area (Å²) in [6.07, 6.45) is 79.1. The van der Waals surface area contributed by atoms with Gasteiger partial charge < -0.3 is 20.3 Å². The number of aliphatic hydroxyl groups excluding tert-OH is 2. The van der Waals surface area contributed by atoms with E-state index in [0.717, 1.165) is 51.4 Å². The Kier molecular flexibility index (Phi) is 61.0. The molecule has 6 heteroatoms. The number of amides is 1. The van der Waals surface area contributed by atoms with Gasteiger partial charge in [0.2, 0.25) is 5.91 Å². The monoisotopic (exact) mass is 1030 g/mol. The van der Waals surface area contributed by atoms with E-state index < -0.39 is 12.1 Å². The summed E-state index contributed by atoms with van der Waals surface area (Å²) in [4.78, 5) is 24.4. The Morgan fingerprint density at radius 3 is 1.10 bits per heavy atom. The van der Waals surface area contributed by atoms with Crippen LogP contribution < -0.4 is 5.32 Å². The van der Waals surface area contributed by atoms with Crippen LogP contribution in [0.5, 0.6) is 0 Å². The van der Waals surface area contributed by atoms with Crippen LogP contribution in [0, 0.1) is 0 Å². The van der Waals surface area contributed by atoms with Crippen molar-refractivity contribution in [2.75, 3.05) is 13.2 Å². The third kappa shape index (κ3) is 59.2. The van der Waals surface area contributed by atoms with Gasteiger partial charge in [-0.3, -0.25) is 9.59 Å². The fourth-order valence-electron chi connectivity index (χ4n) is 10.1. The van der Waals surface area contributed by atoms with Gasteiger partial charge in [0.15, 0.2) is 0 Å². The smallest absolute Gasteiger partial charge is 0.305 e. The van der Waals surface area contributed by atoms with Crippen molar-refractivity contribution in [3.05, 3.63) is 36.5 Å². The summed E-state index contributed by atoms with van der Waals surface area (Å²) in [5, 5.41) is 23.2. The second kappa shape index (κ2) is 62.6. The number of hydrogen-bond acceptors (Lipinski definition) is 5. The number of carbonyl (C=O) groups excluding carboxylic acids is 2. The number of unbranched alkanes of at least 4 members (excludes halogenated alkanes) is 44. The molecule has 0 rings (SSSR count). The second-order valence-electron chi connectivity index (χ2n) is 22.4. The maximum absolute atomic E-state index is 12.4. The van der Waals surface area contributed by atoms with Crippen molar-refractivity contribution in [3.8, 4) is 0 Å². The largest absolute Gasteiger partial charge is 0.466 e. The number of ether oxygens (including phenoxy) is 1. The molecule has 0 aliphatic carbocycles. The molecule has 0 saturated heterocycles. The van der Waals surface area contributed by atoms with E-state index in [1.165, 1.54) is 270 Å². The van der Waals surface area contributed by atoms with Gasteiger partial charge in [0, 0.05) is 12.8 Å². The first kappa shape index (κ1) is 71.1. The molecule has 6 nitrogen and oxygen atoms in total. The predicted octanol–water partition coefficient (Wildman–Crippen LogP) is 20.8. The van der Waals surface area contributed by atoms with Gasteiger partial charge in [-0.2, -0.15) is 0 Å². The molecule has 0 heterocycles. The van der Waals surface area contributed by atoms with Crippen molar-refractivity contribution in [3.63, 3.8) is 0 Å². The summed E-state index contributed by atoms with van der Waals surface area (Å²) in [5.74, 6) is -0.0277. The van der Waals surface area contributed by atoms with Gasteiger partial charge in [-0.05, 0) is 77.0 Å². The molecule has 0 aromatic heterocycles. The minimum atomic E-state index is -0.660. The van der Waals surface area contributed by atoms with Crippen LogP contribution in [0.3, 0.4) is 0 Å². The Labute approximate surface area is 455 Å². The van der Waals surface area contributed by atoms with Crippen molar-refractivity contribution < 1.29 is 24.5 Å². The van der Waals surface area contributed by atoms with E-state index >= 15 is 0 Å². The highest BCUT2D eigenvalue weighted by molar-refractivity contribution is 5.76. The molecule has 0 fully saturated rings. The summed E-state index contributed by atoms with van der Waals surface area (Å²) in [5.41, 5.74) is 0. The van der Waals surface area contributed by atoms with Gasteiger partial charge in [-0.25, -0.2) is 0 Å². The number of esters is 1. The van der Waals surface area contributed by atoms with Crippen LogP contribution in [-0.2, 0) is 14.3 Å². The van der Waals surface area contributed by atoms with Crippen LogP contribution in [-0.4, -0.2) is 47.4 Å². The molecule has 1 amide bonds. The highest BCUT2D eigenvalue weighted by Gasteiger charge is 2.20. The zero-order valence-electron chi connectivity index (χ0n) is 49.1. The fraction of sp³-hybridized carbons (Fsp3) is 0.881. The lowest BCUT2D eigenvalue weighted by Gasteiger charge is -2.22. The Morgan fingerprint density at radius 2 is 0.699 bits per heavy atom. The quantitative estimate of drug-likeness (QED) is 0.0320. The van der Waals surface area contributed by atoms with E-state index in [4.69, 9.17) is 4.74 Å². The molecule has 430 valence electrons. The first-order valence-electron chi connectivity index (χ1n) is 32.7. The number of aliphatic hydroxyl groups is 2. The van der Waals surface area contributed by atoms with Crippen molar-refractivity contribution in [2.24, 2.45) is 0 Å². The van der Waals surface area contributed by atoms with E-state index in [9.17, 15) is 19.8 Å². The van der Waals surface area contributed by atoms with Gasteiger partial charge in [0.05, 0.1) is 25.4 Å². The lowest BCUT2D eigenvalue weighted by atomic mass is 10.0. The Bertz CT molecular complexity index is 1180. The second-order valence-corrected chi connectivity index (χ2v) is 22.4. The van der Waals surface area contributed by atoms with Crippen LogP contribution >= 0.6 is 0 Å². The molecule has 0 radical (unpaired) electrons. The third-order valence-electron chi connectivity index (χ3n) is 15.2. The molecule has 0 aromatic carbocycles. The predicted molar refractivity (Wildman–Crippen MR) is 319 cm³/mol. The van der Waals surface area contributed by atoms with Crippen LogP contribution in [0.2, 0.25) is 0 Å². The van der Waals surface area contributed by atoms with Crippen molar-refractivity contribution in [1.82, 2.24) is 5.32 Å². The summed E-state index contributed by atoms with van der Waals surface area (Å²) < 4.78 is 5.46. The summed E-state index contributed by atoms with van der Waals surface area (Å²) in [6.45, 7) is 4.91. The molecule has 0 aliphatic rings. The molecule has 2 atom stereocenters. The standard InChI is InChI=1S/C67H127NO5/c1-3-5-7-9-11-13-40-45-49-53-57-61-67(72)73-62-58-54-50-46-42-39-37-35-33-31-29-27-25-23-21-19-17-15-16-18-20-22-24-26-28-30-32-34-36-38-41-44-48-52-56-60-66(71)68-64(63-69)65(70)59-55-51-47-43-14-12-10-8-6-4-2/h9,11,17,19,23,25,64-65,69-70H,3-8,10,12-16,18,20-22,24,26-63H2,1-2H3,(H,68,71)/b11-9-,19-17-,25-23-. The van der Waals surface area contributed by atoms with E-state index in [1.807, 2.05) is 0 Å². The molecule has 0 spiro atoms. The number of rotatable bonds is 61. The molecule has 73 heavy (non-hydrogen) atoms. The Hall–Kier alpha value is -1.92. The number of allylic oxidation sites excluding steroid dienone is 6. The van der Waals surface area contributed by atoms with E-state index in [0.29, 0.717) is 25.9 Å². The number of nitrogens with one attached hydrogen (secondary N) is 1. The van der Waals surface area contributed by atoms with Gasteiger partial charge in [0.25, 0.3) is 0 Å². The maximum Gasteiger partial charge on any atom is 0.305 e. The van der Waals surface area contributed by atoms with E-state index in [1.54, 1.807) is 0 Å². The lowest BCUT2D eigenvalue weighted by molar-refractivity contribution is -0.143. The molecule has 0 aliphatic heterocycles. The zero-order valence-corrected chi connectivity index (χ0v) is 49.1. The van der Waals surface area contributed by atoms with Gasteiger partial charge in [-0.1, -0.05) is 301 Å². The molecular formula is C67H127NO5. The van der Waals surface area contributed by atoms with E-state index in [2.05, 4.69) is 55.6 Å². The molecule has 0 aromatic rings. The molecule has 2 unspecified atom stereocenters. The van der Waals surface area contributed by atoms with Gasteiger partial charge in [0.1, 0.15) is 0 Å². The first-order valence-corrected chi connectivity index (χ1v) is 32.7. The minimum Gasteiger partial charge on any atom is -0.466 e. The van der Waals surface area contributed by atoms with Crippen molar-refractivity contribution in [1.29, 1.82) is 0 Å². The molecule has 0 saturated carbocycles. The highest BCUT2D eigenvalue weighted by Crippen LogP contribution is 2.18. The van der Waals surface area contributed by atoms with Crippen molar-refractivity contribution >= 4 is 11.9 Å². The van der Waals surface area contributed by atoms with Gasteiger partial charge in [-0.15, -0.1) is 0 Å². The minimum absolute atomic E-state index is 0.00554. The fourth-order valence-corrected chi connectivity index (χ4v) is 10.1. The van der Waals surface area contributed by atoms with Crippen LogP contribution in [0.25, 0.3) is 0 Å². The normalized spacial score (nSPS) is 12.8. The summed E-state index contributed by atoms with van der Waals surface area (Å²) >= 11 is 0. The van der Waals surface area contributed by atoms with Crippen molar-refractivity contribution in [2.45, 2.75) is 366 Å². The Morgan fingerprint density at radius 1 is 0.384 bits per heavy atom. The summed E-state index contributed by atoms with van der Waals surface area (Å²) in [6, 6.07) is -0.538. The van der Waals surface area contributed by atoms with Crippen LogP contribution in [0.4, 0.5) is 0 Å². The summed E-state index contributed by atoms with van der Waals surface area (Å²) in [7, 11) is 0. The van der Waals surface area contributed by atoms with E-state index in [-0.39, 0.29) is 18.5 Å². The van der Waals surface area contributed by atoms with Crippen LogP contribution in [0.15, 0.2) is 36.5 Å². The zero-order chi connectivity index (χ0) is 52.9. The molecular weight excluding hydrogens is 899 g/mol. The SMILES string of the molecule is CCCC/C=C\CCCCCCCC(=O)OCCCCCCCCCCCCC/C=C\C/C=C\CCCCCCCCCCCCCCCCCCCC(=O)NC(CO)C(O)CCCCCCCCCCCC. The van der Waals surface area contributed by atoms with Gasteiger partial charge >= 0.3 is 5.97 Å². The maximum atomic E-state index is 12.4. The first-order chi connectivity index (χ1) is 36.0. The average molecular weight is 1030 g/mol. The molecule has 3 N–H and O–H groups in total. The lowest BCUT2D eigenvalue weighted by Crippen LogP contribution is -2.45. The molecule has 0 bridgehead atoms. The average Bonchev–Trinajstić information content (AvgIpc) is 3.39. The van der Waals surface area contributed by atoms with Crippen LogP contribution in [0.1, 0.15) is 354 Å². The topological polar surface area (TPSA) is 95.9 Å².